The van der Waals surface area contributed by atoms with Gasteiger partial charge in [0.2, 0.25) is 0 Å². The van der Waals surface area contributed by atoms with Crippen LogP contribution in [-0.4, -0.2) is 11.6 Å². The first-order chi connectivity index (χ1) is 8.16. The van der Waals surface area contributed by atoms with Crippen molar-refractivity contribution in [1.29, 1.82) is 0 Å². The van der Waals surface area contributed by atoms with Gasteiger partial charge in [-0.2, -0.15) is 0 Å². The minimum Gasteiger partial charge on any atom is -0.290 e. The topological polar surface area (TPSA) is 34.1 Å². The molecule has 98 valence electrons. The summed E-state index contributed by atoms with van der Waals surface area (Å²) < 4.78 is 0. The van der Waals surface area contributed by atoms with Crippen LogP contribution < -0.4 is 0 Å². The summed E-state index contributed by atoms with van der Waals surface area (Å²) >= 11 is 4.23. The van der Waals surface area contributed by atoms with E-state index in [4.69, 9.17) is 0 Å². The molecule has 0 unspecified atom stereocenters. The Morgan fingerprint density at radius 2 is 1.83 bits per heavy atom. The number of ketones is 2. The fourth-order valence-electron chi connectivity index (χ4n) is 1.88. The third-order valence-corrected chi connectivity index (χ3v) is 3.61. The summed E-state index contributed by atoms with van der Waals surface area (Å²) in [6, 6.07) is 0. The summed E-state index contributed by atoms with van der Waals surface area (Å²) in [6.45, 7) is 9.28. The zero-order valence-electron chi connectivity index (χ0n) is 11.6. The van der Waals surface area contributed by atoms with Crippen LogP contribution in [-0.2, 0) is 9.59 Å². The number of carbonyl (C=O) groups is 2. The van der Waals surface area contributed by atoms with E-state index in [9.17, 15) is 9.59 Å². The molecule has 2 nitrogen and oxygen atoms in total. The van der Waals surface area contributed by atoms with Crippen LogP contribution in [0.25, 0.3) is 0 Å². The molecular formula is C15H20O2S. The Labute approximate surface area is 114 Å². The molecule has 1 aliphatic rings. The fourth-order valence-corrected chi connectivity index (χ4v) is 1.97. The van der Waals surface area contributed by atoms with Gasteiger partial charge in [-0.25, -0.2) is 0 Å². The quantitative estimate of drug-likeness (QED) is 0.623. The van der Waals surface area contributed by atoms with Gasteiger partial charge in [-0.15, -0.1) is 12.6 Å². The molecular weight excluding hydrogens is 244 g/mol. The van der Waals surface area contributed by atoms with Crippen LogP contribution in [0.15, 0.2) is 33.8 Å². The van der Waals surface area contributed by atoms with Crippen molar-refractivity contribution in [2.24, 2.45) is 5.41 Å². The van der Waals surface area contributed by atoms with Crippen molar-refractivity contribution in [2.75, 3.05) is 0 Å². The standard InChI is InChI=1S/C15H20O2S/c1-9(18)6-7-15(4,5)12-8-13(16)10(2)11(3)14(12)17/h6,8,18H,7H2,1-5H3/b9-6+. The average molecular weight is 264 g/mol. The van der Waals surface area contributed by atoms with Gasteiger partial charge in [0, 0.05) is 16.7 Å². The van der Waals surface area contributed by atoms with Gasteiger partial charge in [0.25, 0.3) is 0 Å². The Morgan fingerprint density at radius 1 is 1.28 bits per heavy atom. The maximum absolute atomic E-state index is 12.3. The van der Waals surface area contributed by atoms with Crippen molar-refractivity contribution in [3.8, 4) is 0 Å². The smallest absolute Gasteiger partial charge is 0.185 e. The van der Waals surface area contributed by atoms with Crippen molar-refractivity contribution in [2.45, 2.75) is 41.0 Å². The van der Waals surface area contributed by atoms with E-state index in [0.717, 1.165) is 4.91 Å². The molecule has 0 saturated carbocycles. The first-order valence-electron chi connectivity index (χ1n) is 6.01. The molecule has 0 bridgehead atoms. The Balaban J connectivity index is 3.11. The Kier molecular flexibility index (Phi) is 4.38. The SMILES string of the molecule is CC1=C(C)C(=O)C(C(C)(C)C/C=C(\C)S)=CC1=O. The zero-order chi connectivity index (χ0) is 14.1. The number of allylic oxidation sites excluding steroid dienone is 6. The van der Waals surface area contributed by atoms with Gasteiger partial charge < -0.3 is 0 Å². The van der Waals surface area contributed by atoms with Crippen LogP contribution in [0.5, 0.6) is 0 Å². The number of Topliss-reactive ketones (excluding diaryl/α,β-unsaturated/α-hetero) is 1. The molecule has 0 aromatic rings. The molecule has 3 heteroatoms. The molecule has 1 rings (SSSR count). The second-order valence-corrected chi connectivity index (χ2v) is 6.14. The van der Waals surface area contributed by atoms with Gasteiger partial charge in [0.05, 0.1) is 0 Å². The molecule has 0 radical (unpaired) electrons. The summed E-state index contributed by atoms with van der Waals surface area (Å²) in [6.07, 6.45) is 4.16. The van der Waals surface area contributed by atoms with E-state index in [-0.39, 0.29) is 17.0 Å². The molecule has 18 heavy (non-hydrogen) atoms. The lowest BCUT2D eigenvalue weighted by atomic mass is 9.74. The largest absolute Gasteiger partial charge is 0.290 e. The number of thiol groups is 1. The molecule has 0 aliphatic heterocycles. The number of hydrogen-bond acceptors (Lipinski definition) is 3. The fraction of sp³-hybridized carbons (Fsp3) is 0.467. The lowest BCUT2D eigenvalue weighted by Crippen LogP contribution is -2.27. The second-order valence-electron chi connectivity index (χ2n) is 5.43. The zero-order valence-corrected chi connectivity index (χ0v) is 12.5. The molecule has 0 atom stereocenters. The first-order valence-corrected chi connectivity index (χ1v) is 6.46. The highest BCUT2D eigenvalue weighted by atomic mass is 32.1. The van der Waals surface area contributed by atoms with Gasteiger partial charge in [0.1, 0.15) is 0 Å². The summed E-state index contributed by atoms with van der Waals surface area (Å²) in [5.74, 6) is -0.0657. The molecule has 0 fully saturated rings. The van der Waals surface area contributed by atoms with Crippen LogP contribution in [0.3, 0.4) is 0 Å². The van der Waals surface area contributed by atoms with Crippen molar-refractivity contribution in [3.05, 3.63) is 33.8 Å². The van der Waals surface area contributed by atoms with Crippen LogP contribution >= 0.6 is 12.6 Å². The maximum atomic E-state index is 12.3. The Bertz CT molecular complexity index is 487. The minimum absolute atomic E-state index is 0.0117. The van der Waals surface area contributed by atoms with Gasteiger partial charge in [-0.1, -0.05) is 19.9 Å². The van der Waals surface area contributed by atoms with E-state index in [1.54, 1.807) is 13.8 Å². The third kappa shape index (κ3) is 3.02. The van der Waals surface area contributed by atoms with E-state index in [0.29, 0.717) is 23.1 Å². The average Bonchev–Trinajstić information content (AvgIpc) is 2.28. The van der Waals surface area contributed by atoms with E-state index in [2.05, 4.69) is 12.6 Å². The van der Waals surface area contributed by atoms with Gasteiger partial charge in [-0.3, -0.25) is 9.59 Å². The summed E-state index contributed by atoms with van der Waals surface area (Å²) in [5.41, 5.74) is 1.37. The molecule has 0 aromatic heterocycles. The molecule has 0 N–H and O–H groups in total. The molecule has 0 amide bonds. The minimum atomic E-state index is -0.349. The Morgan fingerprint density at radius 3 is 2.33 bits per heavy atom. The highest BCUT2D eigenvalue weighted by molar-refractivity contribution is 7.84. The highest BCUT2D eigenvalue weighted by Gasteiger charge is 2.33. The normalized spacial score (nSPS) is 18.3. The predicted molar refractivity (Wildman–Crippen MR) is 77.6 cm³/mol. The summed E-state index contributed by atoms with van der Waals surface area (Å²) in [7, 11) is 0. The molecule has 0 heterocycles. The van der Waals surface area contributed by atoms with E-state index >= 15 is 0 Å². The maximum Gasteiger partial charge on any atom is 0.185 e. The van der Waals surface area contributed by atoms with E-state index in [1.807, 2.05) is 26.8 Å². The van der Waals surface area contributed by atoms with Crippen LogP contribution in [0.4, 0.5) is 0 Å². The number of hydrogen-bond donors (Lipinski definition) is 1. The van der Waals surface area contributed by atoms with Crippen LogP contribution in [0, 0.1) is 5.41 Å². The monoisotopic (exact) mass is 264 g/mol. The summed E-state index contributed by atoms with van der Waals surface area (Å²) in [5, 5.41) is 0. The number of carbonyl (C=O) groups excluding carboxylic acids is 2. The van der Waals surface area contributed by atoms with E-state index < -0.39 is 0 Å². The molecule has 0 spiro atoms. The van der Waals surface area contributed by atoms with Crippen molar-refractivity contribution in [1.82, 2.24) is 0 Å². The van der Waals surface area contributed by atoms with Gasteiger partial charge in [-0.05, 0) is 43.6 Å². The highest BCUT2D eigenvalue weighted by Crippen LogP contribution is 2.36. The third-order valence-electron chi connectivity index (χ3n) is 3.43. The Hall–Kier alpha value is -1.09. The molecule has 1 aliphatic carbocycles. The number of rotatable bonds is 3. The first kappa shape index (κ1) is 15.0. The van der Waals surface area contributed by atoms with E-state index in [1.165, 1.54) is 6.08 Å². The lowest BCUT2D eigenvalue weighted by Gasteiger charge is -2.28. The summed E-state index contributed by atoms with van der Waals surface area (Å²) in [4.78, 5) is 25.0. The second kappa shape index (κ2) is 5.27. The van der Waals surface area contributed by atoms with Crippen molar-refractivity contribution < 1.29 is 9.59 Å². The van der Waals surface area contributed by atoms with Crippen LogP contribution in [0.2, 0.25) is 0 Å². The van der Waals surface area contributed by atoms with Crippen molar-refractivity contribution in [3.63, 3.8) is 0 Å². The van der Waals surface area contributed by atoms with Crippen LogP contribution in [0.1, 0.15) is 41.0 Å². The molecule has 0 aromatic carbocycles. The lowest BCUT2D eigenvalue weighted by molar-refractivity contribution is -0.116. The van der Waals surface area contributed by atoms with Gasteiger partial charge in [0.15, 0.2) is 11.6 Å². The molecule has 0 saturated heterocycles. The van der Waals surface area contributed by atoms with Gasteiger partial charge >= 0.3 is 0 Å². The predicted octanol–water partition coefficient (Wildman–Crippen LogP) is 3.65. The van der Waals surface area contributed by atoms with Crippen molar-refractivity contribution >= 4 is 24.2 Å².